The average Bonchev–Trinajstić information content (AvgIpc) is 3.46. The Balaban J connectivity index is 1.53. The summed E-state index contributed by atoms with van der Waals surface area (Å²) in [5.74, 6) is -1.09. The van der Waals surface area contributed by atoms with Crippen molar-refractivity contribution in [2.24, 2.45) is 0 Å². The van der Waals surface area contributed by atoms with Gasteiger partial charge < -0.3 is 25.1 Å². The highest BCUT2D eigenvalue weighted by Gasteiger charge is 2.42. The van der Waals surface area contributed by atoms with Gasteiger partial charge in [0.25, 0.3) is 0 Å². The van der Waals surface area contributed by atoms with Crippen LogP contribution in [0.5, 0.6) is 0 Å². The Morgan fingerprint density at radius 3 is 1.94 bits per heavy atom. The molecule has 2 aliphatic rings. The summed E-state index contributed by atoms with van der Waals surface area (Å²) in [6.07, 6.45) is -9.03. The lowest BCUT2D eigenvalue weighted by atomic mass is 9.90. The lowest BCUT2D eigenvalue weighted by Crippen LogP contribution is -2.50. The number of rotatable bonds is 6. The van der Waals surface area contributed by atoms with E-state index in [9.17, 15) is 50.2 Å². The highest BCUT2D eigenvalue weighted by Crippen LogP contribution is 2.39. The maximum atomic E-state index is 13.8. The van der Waals surface area contributed by atoms with E-state index < -0.39 is 65.1 Å². The van der Waals surface area contributed by atoms with E-state index in [0.29, 0.717) is 54.8 Å². The molecule has 0 spiro atoms. The van der Waals surface area contributed by atoms with Gasteiger partial charge in [0.2, 0.25) is 0 Å². The minimum atomic E-state index is -5.11. The molecule has 0 aromatic heterocycles. The fourth-order valence-corrected chi connectivity index (χ4v) is 6.35. The van der Waals surface area contributed by atoms with Crippen LogP contribution in [-0.4, -0.2) is 89.8 Å². The van der Waals surface area contributed by atoms with Crippen LogP contribution in [0.3, 0.4) is 0 Å². The van der Waals surface area contributed by atoms with Crippen molar-refractivity contribution in [3.8, 4) is 0 Å². The number of alkyl halides is 6. The molecule has 16 heteroatoms. The van der Waals surface area contributed by atoms with E-state index in [2.05, 4.69) is 5.32 Å². The van der Waals surface area contributed by atoms with Gasteiger partial charge in [-0.3, -0.25) is 4.90 Å². The number of hydrogen-bond donors (Lipinski definition) is 2. The van der Waals surface area contributed by atoms with Crippen molar-refractivity contribution >= 4 is 23.8 Å². The van der Waals surface area contributed by atoms with Gasteiger partial charge in [0.1, 0.15) is 5.82 Å². The van der Waals surface area contributed by atoms with Crippen LogP contribution in [0.15, 0.2) is 42.5 Å². The minimum Gasteiger partial charge on any atom is -0.465 e. The first-order valence-corrected chi connectivity index (χ1v) is 15.0. The van der Waals surface area contributed by atoms with Crippen LogP contribution in [0.1, 0.15) is 55.2 Å². The third kappa shape index (κ3) is 8.19. The summed E-state index contributed by atoms with van der Waals surface area (Å²) < 4.78 is 94.7. The largest absolute Gasteiger partial charge is 0.465 e. The van der Waals surface area contributed by atoms with Crippen molar-refractivity contribution in [1.82, 2.24) is 20.0 Å². The van der Waals surface area contributed by atoms with Crippen molar-refractivity contribution in [3.63, 3.8) is 0 Å². The van der Waals surface area contributed by atoms with Crippen LogP contribution in [-0.2, 0) is 12.4 Å². The fourth-order valence-electron chi connectivity index (χ4n) is 6.35. The van der Waals surface area contributed by atoms with E-state index in [-0.39, 0.29) is 31.2 Å². The molecule has 2 fully saturated rings. The molecule has 1 saturated heterocycles. The molecule has 0 unspecified atom stereocenters. The van der Waals surface area contributed by atoms with Gasteiger partial charge >= 0.3 is 30.5 Å². The smallest absolute Gasteiger partial charge is 0.416 e. The Morgan fingerprint density at radius 2 is 1.45 bits per heavy atom. The SMILES string of the molecule is CCN(C(=O)O)C1CCC(NC(=O)N2C[C@@H](N(C)C(=O)N(C)c3cc(C(F)(F)F)cc(C(F)(F)F)c3)[C@H](c3ccc(F)cc3)C2)CC1. The molecule has 1 heterocycles. The molecule has 47 heavy (non-hydrogen) atoms. The quantitative estimate of drug-likeness (QED) is 0.328. The van der Waals surface area contributed by atoms with Crippen LogP contribution < -0.4 is 10.2 Å². The Bertz CT molecular complexity index is 1410. The zero-order valence-electron chi connectivity index (χ0n) is 25.9. The van der Waals surface area contributed by atoms with Crippen LogP contribution >= 0.6 is 0 Å². The number of carbonyl (C=O) groups is 3. The molecular weight excluding hydrogens is 639 g/mol. The molecule has 2 aromatic carbocycles. The molecule has 2 atom stereocenters. The molecule has 2 N–H and O–H groups in total. The predicted molar refractivity (Wildman–Crippen MR) is 157 cm³/mol. The Labute approximate surface area is 266 Å². The Morgan fingerprint density at radius 1 is 0.894 bits per heavy atom. The van der Waals surface area contributed by atoms with Crippen LogP contribution in [0.4, 0.5) is 50.8 Å². The normalized spacial score (nSPS) is 21.7. The highest BCUT2D eigenvalue weighted by atomic mass is 19.4. The number of benzene rings is 2. The molecule has 4 rings (SSSR count). The maximum Gasteiger partial charge on any atom is 0.416 e. The van der Waals surface area contributed by atoms with Gasteiger partial charge in [-0.1, -0.05) is 12.1 Å². The van der Waals surface area contributed by atoms with Gasteiger partial charge in [-0.15, -0.1) is 0 Å². The van der Waals surface area contributed by atoms with Crippen molar-refractivity contribution < 1.29 is 50.2 Å². The number of carbonyl (C=O) groups excluding carboxylic acids is 2. The Hall–Kier alpha value is -4.24. The maximum absolute atomic E-state index is 13.8. The molecule has 258 valence electrons. The molecule has 0 bridgehead atoms. The van der Waals surface area contributed by atoms with Crippen LogP contribution in [0, 0.1) is 5.82 Å². The number of hydrogen-bond acceptors (Lipinski definition) is 3. The van der Waals surface area contributed by atoms with Crippen LogP contribution in [0.2, 0.25) is 0 Å². The Kier molecular flexibility index (Phi) is 10.5. The number of nitrogens with one attached hydrogen (secondary N) is 1. The topological polar surface area (TPSA) is 96.4 Å². The summed E-state index contributed by atoms with van der Waals surface area (Å²) in [5, 5.41) is 12.4. The van der Waals surface area contributed by atoms with E-state index >= 15 is 0 Å². The van der Waals surface area contributed by atoms with E-state index in [1.54, 1.807) is 6.92 Å². The molecule has 1 aliphatic carbocycles. The van der Waals surface area contributed by atoms with Gasteiger partial charge in [-0.05, 0) is 68.5 Å². The highest BCUT2D eigenvalue weighted by molar-refractivity contribution is 5.92. The summed E-state index contributed by atoms with van der Waals surface area (Å²) in [7, 11) is 2.39. The zero-order chi connectivity index (χ0) is 34.8. The predicted octanol–water partition coefficient (Wildman–Crippen LogP) is 6.84. The number of likely N-dealkylation sites (tertiary alicyclic amines) is 1. The summed E-state index contributed by atoms with van der Waals surface area (Å²) in [5.41, 5.74) is -3.20. The van der Waals surface area contributed by atoms with Gasteiger partial charge in [-0.25, -0.2) is 18.8 Å². The van der Waals surface area contributed by atoms with Gasteiger partial charge in [-0.2, -0.15) is 26.3 Å². The minimum absolute atomic E-state index is 0.0258. The van der Waals surface area contributed by atoms with Gasteiger partial charge in [0.05, 0.1) is 17.2 Å². The zero-order valence-corrected chi connectivity index (χ0v) is 25.9. The van der Waals surface area contributed by atoms with E-state index in [1.165, 1.54) is 41.1 Å². The molecule has 2 aromatic rings. The first-order valence-electron chi connectivity index (χ1n) is 15.0. The second-order valence-electron chi connectivity index (χ2n) is 11.9. The number of nitrogens with zero attached hydrogens (tertiary/aromatic N) is 4. The fraction of sp³-hybridized carbons (Fsp3) is 0.516. The third-order valence-electron chi connectivity index (χ3n) is 8.97. The second-order valence-corrected chi connectivity index (χ2v) is 11.9. The first kappa shape index (κ1) is 35.6. The number of carboxylic acid groups (broad SMARTS) is 1. The number of halogens is 7. The first-order chi connectivity index (χ1) is 21.9. The van der Waals surface area contributed by atoms with Gasteiger partial charge in [0.15, 0.2) is 0 Å². The van der Waals surface area contributed by atoms with Crippen molar-refractivity contribution in [3.05, 3.63) is 65.0 Å². The van der Waals surface area contributed by atoms with E-state index in [4.69, 9.17) is 0 Å². The lowest BCUT2D eigenvalue weighted by Gasteiger charge is -2.35. The second kappa shape index (κ2) is 13.9. The summed E-state index contributed by atoms with van der Waals surface area (Å²) in [6.45, 7) is 2.15. The van der Waals surface area contributed by atoms with Gasteiger partial charge in [0, 0.05) is 57.4 Å². The molecule has 1 aliphatic heterocycles. The summed E-state index contributed by atoms with van der Waals surface area (Å²) >= 11 is 0. The summed E-state index contributed by atoms with van der Waals surface area (Å²) in [6, 6.07) is 3.73. The molecule has 1 saturated carbocycles. The van der Waals surface area contributed by atoms with E-state index in [1.807, 2.05) is 0 Å². The standard InChI is InChI=1S/C31H36F7N5O4/c1-4-43(29(46)47)23-11-9-22(10-12-23)39-27(44)42-16-25(18-5-7-21(32)8-6-18)26(17-42)41(3)28(45)40(2)24-14-19(30(33,34)35)13-20(15-24)31(36,37)38/h5-8,13-15,22-23,25-26H,4,9-12,16-17H2,1-3H3,(H,39,44)(H,46,47)/t22?,23?,25-,26+/m0/s1. The third-order valence-corrected chi connectivity index (χ3v) is 8.97. The van der Waals surface area contributed by atoms with Crippen molar-refractivity contribution in [2.75, 3.05) is 38.6 Å². The number of amides is 5. The van der Waals surface area contributed by atoms with Crippen molar-refractivity contribution in [2.45, 2.75) is 69.0 Å². The van der Waals surface area contributed by atoms with Crippen molar-refractivity contribution in [1.29, 1.82) is 0 Å². The number of urea groups is 2. The molecule has 5 amide bonds. The molecule has 0 radical (unpaired) electrons. The molecular formula is C31H36F7N5O4. The average molecular weight is 676 g/mol. The lowest BCUT2D eigenvalue weighted by molar-refractivity contribution is -0.143. The van der Waals surface area contributed by atoms with Crippen LogP contribution in [0.25, 0.3) is 0 Å². The number of likely N-dealkylation sites (N-methyl/N-ethyl adjacent to an activating group) is 1. The van der Waals surface area contributed by atoms with E-state index in [0.717, 1.165) is 11.9 Å². The molecule has 9 nitrogen and oxygen atoms in total. The monoisotopic (exact) mass is 675 g/mol. The number of anilines is 1. The summed E-state index contributed by atoms with van der Waals surface area (Å²) in [4.78, 5) is 43.2.